The Morgan fingerprint density at radius 2 is 2.11 bits per heavy atom. The molecule has 0 saturated carbocycles. The number of aryl methyl sites for hydroxylation is 1. The Balaban J connectivity index is 2.13. The van der Waals surface area contributed by atoms with Crippen molar-refractivity contribution in [3.05, 3.63) is 63.1 Å². The Labute approximate surface area is 168 Å². The number of unbranched alkanes of at least 4 members (excludes halogenated alkanes) is 2. The molecule has 2 N–H and O–H groups in total. The number of H-pyrrole nitrogens is 1. The third-order valence-electron chi connectivity index (χ3n) is 6.26. The summed E-state index contributed by atoms with van der Waals surface area (Å²) in [6.45, 7) is 11.3. The Morgan fingerprint density at radius 1 is 1.36 bits per heavy atom. The molecule has 28 heavy (non-hydrogen) atoms. The van der Waals surface area contributed by atoms with Gasteiger partial charge >= 0.3 is 0 Å². The molecule has 1 aromatic rings. The lowest BCUT2D eigenvalue weighted by molar-refractivity contribution is 0.325. The van der Waals surface area contributed by atoms with Gasteiger partial charge in [-0.2, -0.15) is 0 Å². The summed E-state index contributed by atoms with van der Waals surface area (Å²) in [4.78, 5) is 18.5. The first-order chi connectivity index (χ1) is 13.3. The van der Waals surface area contributed by atoms with Gasteiger partial charge in [0.25, 0.3) is 5.56 Å². The Kier molecular flexibility index (Phi) is 6.29. The third kappa shape index (κ3) is 3.88. The molecular formula is C24H34N2O2. The Hall–Kier alpha value is -2.07. The molecule has 1 aliphatic carbocycles. The second-order valence-corrected chi connectivity index (χ2v) is 8.57. The maximum atomic E-state index is 13.1. The fourth-order valence-corrected chi connectivity index (χ4v) is 4.71. The first kappa shape index (κ1) is 20.7. The largest absolute Gasteiger partial charge is 0.507 e. The number of allylic oxidation sites excluding steroid dienone is 3. The quantitative estimate of drug-likeness (QED) is 0.516. The lowest BCUT2D eigenvalue weighted by Gasteiger charge is -2.27. The molecule has 0 amide bonds. The van der Waals surface area contributed by atoms with Crippen molar-refractivity contribution < 1.29 is 5.11 Å². The van der Waals surface area contributed by atoms with Gasteiger partial charge in [0.2, 0.25) is 0 Å². The molecule has 152 valence electrons. The van der Waals surface area contributed by atoms with Crippen molar-refractivity contribution in [2.45, 2.75) is 64.8 Å². The number of nitrogens with zero attached hydrogens (tertiary/aromatic N) is 1. The maximum Gasteiger partial charge on any atom is 0.255 e. The second kappa shape index (κ2) is 8.52. The number of pyridine rings is 1. The van der Waals surface area contributed by atoms with Gasteiger partial charge in [0, 0.05) is 23.7 Å². The van der Waals surface area contributed by atoms with Crippen LogP contribution in [0.5, 0.6) is 5.75 Å². The highest BCUT2D eigenvalue weighted by Crippen LogP contribution is 2.45. The smallest absolute Gasteiger partial charge is 0.255 e. The van der Waals surface area contributed by atoms with E-state index in [2.05, 4.69) is 55.6 Å². The van der Waals surface area contributed by atoms with E-state index in [1.165, 1.54) is 5.57 Å². The summed E-state index contributed by atoms with van der Waals surface area (Å²) in [5, 5.41) is 11.4. The fraction of sp³-hybridized carbons (Fsp3) is 0.542. The number of likely N-dealkylation sites (N-methyl/N-ethyl adjacent to an activating group) is 1. The van der Waals surface area contributed by atoms with Crippen LogP contribution in [0.25, 0.3) is 0 Å². The molecule has 0 radical (unpaired) electrons. The van der Waals surface area contributed by atoms with Gasteiger partial charge in [-0.25, -0.2) is 0 Å². The Morgan fingerprint density at radius 3 is 2.71 bits per heavy atom. The van der Waals surface area contributed by atoms with E-state index in [4.69, 9.17) is 0 Å². The van der Waals surface area contributed by atoms with Crippen molar-refractivity contribution in [2.75, 3.05) is 13.6 Å². The molecule has 1 aromatic heterocycles. The minimum Gasteiger partial charge on any atom is -0.507 e. The maximum absolute atomic E-state index is 13.1. The molecule has 4 nitrogen and oxygen atoms in total. The monoisotopic (exact) mass is 382 g/mol. The molecule has 1 aliphatic heterocycles. The molecule has 2 aliphatic rings. The van der Waals surface area contributed by atoms with Crippen molar-refractivity contribution in [3.63, 3.8) is 0 Å². The summed E-state index contributed by atoms with van der Waals surface area (Å²) in [5.74, 6) is 0.240. The second-order valence-electron chi connectivity index (χ2n) is 8.57. The van der Waals surface area contributed by atoms with Crippen molar-refractivity contribution >= 4 is 0 Å². The zero-order valence-electron chi connectivity index (χ0n) is 17.7. The summed E-state index contributed by atoms with van der Waals surface area (Å²) in [7, 11) is 2.06. The molecule has 0 saturated heterocycles. The van der Waals surface area contributed by atoms with Crippen molar-refractivity contribution in [3.8, 4) is 5.75 Å². The highest BCUT2D eigenvalue weighted by atomic mass is 16.3. The molecule has 0 spiro atoms. The van der Waals surface area contributed by atoms with E-state index in [0.29, 0.717) is 5.56 Å². The first-order valence-corrected chi connectivity index (χ1v) is 10.5. The predicted octanol–water partition coefficient (Wildman–Crippen LogP) is 4.98. The summed E-state index contributed by atoms with van der Waals surface area (Å²) in [5.41, 5.74) is 4.42. The SMILES string of the molecule is C=C(C)C1CC(C)=CC1c1c(O)c([C@@H]2C=CCN2C)c(CCCCC)[nH]c1=O. The number of aromatic hydroxyl groups is 1. The van der Waals surface area contributed by atoms with Gasteiger partial charge in [-0.05, 0) is 46.1 Å². The molecular weight excluding hydrogens is 348 g/mol. The number of hydrogen-bond donors (Lipinski definition) is 2. The molecule has 0 fully saturated rings. The van der Waals surface area contributed by atoms with E-state index >= 15 is 0 Å². The van der Waals surface area contributed by atoms with Gasteiger partial charge in [-0.15, -0.1) is 0 Å². The molecule has 3 rings (SSSR count). The highest BCUT2D eigenvalue weighted by Gasteiger charge is 2.35. The van der Waals surface area contributed by atoms with Crippen LogP contribution < -0.4 is 5.56 Å². The van der Waals surface area contributed by atoms with E-state index in [1.807, 2.05) is 6.92 Å². The summed E-state index contributed by atoms with van der Waals surface area (Å²) >= 11 is 0. The van der Waals surface area contributed by atoms with Crippen LogP contribution in [0, 0.1) is 5.92 Å². The lowest BCUT2D eigenvalue weighted by atomic mass is 9.83. The van der Waals surface area contributed by atoms with Crippen LogP contribution >= 0.6 is 0 Å². The fourth-order valence-electron chi connectivity index (χ4n) is 4.71. The van der Waals surface area contributed by atoms with Crippen LogP contribution in [0.3, 0.4) is 0 Å². The van der Waals surface area contributed by atoms with Gasteiger partial charge in [-0.3, -0.25) is 9.69 Å². The zero-order valence-corrected chi connectivity index (χ0v) is 17.7. The van der Waals surface area contributed by atoms with Gasteiger partial charge in [0.1, 0.15) is 5.75 Å². The third-order valence-corrected chi connectivity index (χ3v) is 6.26. The topological polar surface area (TPSA) is 56.3 Å². The van der Waals surface area contributed by atoms with Crippen LogP contribution in [0.15, 0.2) is 40.7 Å². The van der Waals surface area contributed by atoms with E-state index in [9.17, 15) is 9.90 Å². The van der Waals surface area contributed by atoms with Crippen LogP contribution in [0.1, 0.15) is 75.2 Å². The highest BCUT2D eigenvalue weighted by molar-refractivity contribution is 5.50. The van der Waals surface area contributed by atoms with Gasteiger partial charge < -0.3 is 10.1 Å². The predicted molar refractivity (Wildman–Crippen MR) is 116 cm³/mol. The van der Waals surface area contributed by atoms with Crippen LogP contribution in [0.2, 0.25) is 0 Å². The number of rotatable bonds is 7. The zero-order chi connectivity index (χ0) is 20.4. The minimum absolute atomic E-state index is 0.00184. The molecule has 0 aromatic carbocycles. The van der Waals surface area contributed by atoms with Crippen molar-refractivity contribution in [2.24, 2.45) is 5.92 Å². The molecule has 4 heteroatoms. The van der Waals surface area contributed by atoms with E-state index in [-0.39, 0.29) is 29.2 Å². The van der Waals surface area contributed by atoms with Crippen molar-refractivity contribution in [1.82, 2.24) is 9.88 Å². The number of aromatic nitrogens is 1. The van der Waals surface area contributed by atoms with E-state index < -0.39 is 0 Å². The standard InChI is InChI=1S/C24H34N2O2/c1-6-7-8-10-19-22(20-11-9-12-26(20)5)23(27)21(24(28)25-19)18-14-16(4)13-17(18)15(2)3/h9,11,14,17-18,20H,2,6-8,10,12-13H2,1,3-5H3,(H2,25,27,28)/t17?,18?,20-/m0/s1. The molecule has 2 heterocycles. The van der Waals surface area contributed by atoms with E-state index in [1.54, 1.807) is 0 Å². The average molecular weight is 383 g/mol. The lowest BCUT2D eigenvalue weighted by Crippen LogP contribution is -2.26. The summed E-state index contributed by atoms with van der Waals surface area (Å²) < 4.78 is 0. The van der Waals surface area contributed by atoms with Gasteiger partial charge in [0.05, 0.1) is 11.6 Å². The first-order valence-electron chi connectivity index (χ1n) is 10.5. The average Bonchev–Trinajstić information content (AvgIpc) is 3.21. The number of hydrogen-bond acceptors (Lipinski definition) is 3. The van der Waals surface area contributed by atoms with Crippen LogP contribution in [-0.2, 0) is 6.42 Å². The van der Waals surface area contributed by atoms with Crippen molar-refractivity contribution in [1.29, 1.82) is 0 Å². The number of nitrogens with one attached hydrogen (secondary N) is 1. The number of aromatic amines is 1. The van der Waals surface area contributed by atoms with Gasteiger partial charge in [0.15, 0.2) is 0 Å². The van der Waals surface area contributed by atoms with Gasteiger partial charge in [-0.1, -0.05) is 55.7 Å². The molecule has 0 bridgehead atoms. The van der Waals surface area contributed by atoms with E-state index in [0.717, 1.165) is 55.5 Å². The van der Waals surface area contributed by atoms with Crippen LogP contribution in [-0.4, -0.2) is 28.6 Å². The summed E-state index contributed by atoms with van der Waals surface area (Å²) in [6.07, 6.45) is 11.3. The Bertz CT molecular complexity index is 862. The molecule has 2 unspecified atom stereocenters. The summed E-state index contributed by atoms with van der Waals surface area (Å²) in [6, 6.07) is 0.00184. The normalized spacial score (nSPS) is 24.7. The van der Waals surface area contributed by atoms with Crippen LogP contribution in [0.4, 0.5) is 0 Å². The minimum atomic E-state index is -0.153. The molecule has 3 atom stereocenters.